The van der Waals surface area contributed by atoms with Crippen LogP contribution in [0.15, 0.2) is 48.0 Å². The first-order valence-electron chi connectivity index (χ1n) is 8.22. The third-order valence-corrected chi connectivity index (χ3v) is 5.14. The Morgan fingerprint density at radius 1 is 1.25 bits per heavy atom. The second kappa shape index (κ2) is 6.79. The summed E-state index contributed by atoms with van der Waals surface area (Å²) < 4.78 is 40.9. The summed E-state index contributed by atoms with van der Waals surface area (Å²) in [6.45, 7) is 0.145. The summed E-state index contributed by atoms with van der Waals surface area (Å²) in [5.41, 5.74) is 1.41. The van der Waals surface area contributed by atoms with Gasteiger partial charge in [-0.15, -0.1) is 11.3 Å². The van der Waals surface area contributed by atoms with Crippen LogP contribution in [0.1, 0.15) is 20.9 Å². The van der Waals surface area contributed by atoms with Crippen LogP contribution in [-0.2, 0) is 19.8 Å². The fourth-order valence-corrected chi connectivity index (χ4v) is 3.58. The van der Waals surface area contributed by atoms with Gasteiger partial charge in [-0.05, 0) is 35.2 Å². The molecule has 1 aromatic carbocycles. The van der Waals surface area contributed by atoms with Crippen LogP contribution < -0.4 is 5.32 Å². The molecule has 1 N–H and O–H groups in total. The maximum atomic E-state index is 12.6. The number of nitrogens with zero attached hydrogens (tertiary/aromatic N) is 4. The molecule has 144 valence electrons. The highest BCUT2D eigenvalue weighted by molar-refractivity contribution is 7.12. The van der Waals surface area contributed by atoms with E-state index in [0.717, 1.165) is 17.1 Å². The standard InChI is InChI=1S/C18H14F3N5OS/c1-25-13-5-3-2-4-12(13)22-17(25)23-16(27)14-8-11(10-28-14)9-26-7-6-15(24-26)18(19,20)21/h2-8,10H,9H2,1H3,(H,22,23,27). The monoisotopic (exact) mass is 405 g/mol. The predicted molar refractivity (Wildman–Crippen MR) is 99.3 cm³/mol. The first-order valence-corrected chi connectivity index (χ1v) is 9.10. The number of hydrogen-bond acceptors (Lipinski definition) is 4. The van der Waals surface area contributed by atoms with Gasteiger partial charge in [0.1, 0.15) is 0 Å². The molecule has 0 aliphatic heterocycles. The largest absolute Gasteiger partial charge is 0.435 e. The molecule has 0 unspecified atom stereocenters. The van der Waals surface area contributed by atoms with E-state index >= 15 is 0 Å². The lowest BCUT2D eigenvalue weighted by atomic mass is 10.3. The number of fused-ring (bicyclic) bond motifs is 1. The van der Waals surface area contributed by atoms with Crippen LogP contribution in [0.25, 0.3) is 11.0 Å². The van der Waals surface area contributed by atoms with Crippen molar-refractivity contribution in [3.05, 3.63) is 64.1 Å². The quantitative estimate of drug-likeness (QED) is 0.555. The minimum absolute atomic E-state index is 0.145. The van der Waals surface area contributed by atoms with Crippen molar-refractivity contribution < 1.29 is 18.0 Å². The number of hydrogen-bond donors (Lipinski definition) is 1. The van der Waals surface area contributed by atoms with Crippen LogP contribution in [0.4, 0.5) is 19.1 Å². The van der Waals surface area contributed by atoms with Crippen molar-refractivity contribution in [1.82, 2.24) is 19.3 Å². The molecule has 0 saturated heterocycles. The number of aryl methyl sites for hydroxylation is 1. The second-order valence-electron chi connectivity index (χ2n) is 6.15. The van der Waals surface area contributed by atoms with Gasteiger partial charge in [0.25, 0.3) is 5.91 Å². The van der Waals surface area contributed by atoms with Crippen LogP contribution >= 0.6 is 11.3 Å². The molecule has 1 amide bonds. The number of nitrogens with one attached hydrogen (secondary N) is 1. The molecule has 0 radical (unpaired) electrons. The molecular formula is C18H14F3N5OS. The van der Waals surface area contributed by atoms with Gasteiger partial charge in [-0.25, -0.2) is 4.98 Å². The number of carbonyl (C=O) groups excluding carboxylic acids is 1. The van der Waals surface area contributed by atoms with Gasteiger partial charge in [0.15, 0.2) is 5.69 Å². The van der Waals surface area contributed by atoms with E-state index in [4.69, 9.17) is 0 Å². The molecule has 4 rings (SSSR count). The number of halogens is 3. The molecule has 6 nitrogen and oxygen atoms in total. The molecule has 3 heterocycles. The molecular weight excluding hydrogens is 391 g/mol. The second-order valence-corrected chi connectivity index (χ2v) is 7.06. The molecule has 3 aromatic heterocycles. The summed E-state index contributed by atoms with van der Waals surface area (Å²) in [6, 6.07) is 10.1. The number of para-hydroxylation sites is 2. The molecule has 0 saturated carbocycles. The van der Waals surface area contributed by atoms with E-state index in [-0.39, 0.29) is 12.5 Å². The maximum Gasteiger partial charge on any atom is 0.435 e. The van der Waals surface area contributed by atoms with Gasteiger partial charge in [0, 0.05) is 13.2 Å². The van der Waals surface area contributed by atoms with Crippen molar-refractivity contribution in [2.45, 2.75) is 12.7 Å². The molecule has 28 heavy (non-hydrogen) atoms. The van der Waals surface area contributed by atoms with Crippen molar-refractivity contribution in [2.24, 2.45) is 7.05 Å². The lowest BCUT2D eigenvalue weighted by Crippen LogP contribution is -2.13. The number of rotatable bonds is 4. The Morgan fingerprint density at radius 3 is 2.75 bits per heavy atom. The maximum absolute atomic E-state index is 12.6. The van der Waals surface area contributed by atoms with Gasteiger partial charge in [-0.3, -0.25) is 14.8 Å². The normalized spacial score (nSPS) is 11.9. The molecule has 0 aliphatic rings. The highest BCUT2D eigenvalue weighted by Gasteiger charge is 2.33. The minimum Gasteiger partial charge on any atom is -0.313 e. The predicted octanol–water partition coefficient (Wildman–Crippen LogP) is 4.15. The van der Waals surface area contributed by atoms with E-state index in [0.29, 0.717) is 16.4 Å². The van der Waals surface area contributed by atoms with Crippen LogP contribution in [0, 0.1) is 0 Å². The number of benzene rings is 1. The Balaban J connectivity index is 1.48. The fraction of sp³-hybridized carbons (Fsp3) is 0.167. The summed E-state index contributed by atoms with van der Waals surface area (Å²) in [5.74, 6) is 0.0918. The number of anilines is 1. The molecule has 10 heteroatoms. The Labute approximate surface area is 161 Å². The van der Waals surface area contributed by atoms with Crippen molar-refractivity contribution in [3.63, 3.8) is 0 Å². The fourth-order valence-electron chi connectivity index (χ4n) is 2.79. The molecule has 0 aliphatic carbocycles. The third kappa shape index (κ3) is 3.50. The Kier molecular flexibility index (Phi) is 4.42. The number of aromatic nitrogens is 4. The van der Waals surface area contributed by atoms with E-state index in [1.54, 1.807) is 23.1 Å². The zero-order valence-electron chi connectivity index (χ0n) is 14.6. The lowest BCUT2D eigenvalue weighted by Gasteiger charge is -2.03. The van der Waals surface area contributed by atoms with Crippen LogP contribution in [-0.4, -0.2) is 25.2 Å². The highest BCUT2D eigenvalue weighted by atomic mass is 32.1. The topological polar surface area (TPSA) is 64.7 Å². The van der Waals surface area contributed by atoms with E-state index in [9.17, 15) is 18.0 Å². The zero-order valence-corrected chi connectivity index (χ0v) is 15.4. The first-order chi connectivity index (χ1) is 13.3. The van der Waals surface area contributed by atoms with Gasteiger partial charge in [0.05, 0.1) is 22.5 Å². The Bertz CT molecular complexity index is 1160. The highest BCUT2D eigenvalue weighted by Crippen LogP contribution is 2.27. The minimum atomic E-state index is -4.48. The summed E-state index contributed by atoms with van der Waals surface area (Å²) in [7, 11) is 1.81. The number of carbonyl (C=O) groups is 1. The molecule has 0 atom stereocenters. The molecule has 4 aromatic rings. The van der Waals surface area contributed by atoms with Gasteiger partial charge in [-0.2, -0.15) is 18.3 Å². The summed E-state index contributed by atoms with van der Waals surface area (Å²) in [4.78, 5) is 17.3. The SMILES string of the molecule is Cn1c(NC(=O)c2cc(Cn3ccc(C(F)(F)F)n3)cs2)nc2ccccc21. The average Bonchev–Trinajstić information content (AvgIpc) is 3.36. The summed E-state index contributed by atoms with van der Waals surface area (Å²) in [6.07, 6.45) is -3.21. The number of imidazole rings is 1. The average molecular weight is 405 g/mol. The van der Waals surface area contributed by atoms with Crippen molar-refractivity contribution in [2.75, 3.05) is 5.32 Å². The summed E-state index contributed by atoms with van der Waals surface area (Å²) >= 11 is 1.21. The zero-order chi connectivity index (χ0) is 19.9. The molecule has 0 fully saturated rings. The van der Waals surface area contributed by atoms with Crippen LogP contribution in [0.3, 0.4) is 0 Å². The smallest absolute Gasteiger partial charge is 0.313 e. The van der Waals surface area contributed by atoms with Crippen molar-refractivity contribution >= 4 is 34.2 Å². The summed E-state index contributed by atoms with van der Waals surface area (Å²) in [5, 5.41) is 8.01. The Morgan fingerprint density at radius 2 is 2.04 bits per heavy atom. The van der Waals surface area contributed by atoms with E-state index in [1.807, 2.05) is 24.3 Å². The van der Waals surface area contributed by atoms with Crippen molar-refractivity contribution in [3.8, 4) is 0 Å². The van der Waals surface area contributed by atoms with Crippen molar-refractivity contribution in [1.29, 1.82) is 0 Å². The molecule has 0 bridgehead atoms. The van der Waals surface area contributed by atoms with Gasteiger partial charge < -0.3 is 4.57 Å². The lowest BCUT2D eigenvalue weighted by molar-refractivity contribution is -0.141. The van der Waals surface area contributed by atoms with Gasteiger partial charge >= 0.3 is 6.18 Å². The first kappa shape index (κ1) is 18.2. The molecule has 0 spiro atoms. The van der Waals surface area contributed by atoms with Gasteiger partial charge in [-0.1, -0.05) is 12.1 Å². The third-order valence-electron chi connectivity index (χ3n) is 4.17. The number of thiophene rings is 1. The van der Waals surface area contributed by atoms with E-state index in [2.05, 4.69) is 15.4 Å². The number of amides is 1. The van der Waals surface area contributed by atoms with E-state index < -0.39 is 11.9 Å². The van der Waals surface area contributed by atoms with Crippen LogP contribution in [0.5, 0.6) is 0 Å². The number of alkyl halides is 3. The Hall–Kier alpha value is -3.14. The van der Waals surface area contributed by atoms with Crippen LogP contribution in [0.2, 0.25) is 0 Å². The van der Waals surface area contributed by atoms with E-state index in [1.165, 1.54) is 22.2 Å². The van der Waals surface area contributed by atoms with Gasteiger partial charge in [0.2, 0.25) is 5.95 Å².